The molecule has 2 heteroatoms. The van der Waals surface area contributed by atoms with Crippen molar-refractivity contribution in [3.8, 4) is 0 Å². The Kier molecular flexibility index (Phi) is 4.76. The first-order valence-corrected chi connectivity index (χ1v) is 5.53. The van der Waals surface area contributed by atoms with Crippen LogP contribution in [0.4, 0.5) is 0 Å². The molecule has 0 spiro atoms. The fourth-order valence-corrected chi connectivity index (χ4v) is 2.13. The quantitative estimate of drug-likeness (QED) is 0.405. The third-order valence-electron chi connectivity index (χ3n) is 3.08. The van der Waals surface area contributed by atoms with Gasteiger partial charge < -0.3 is 4.74 Å². The van der Waals surface area contributed by atoms with Crippen LogP contribution in [0.25, 0.3) is 0 Å². The van der Waals surface area contributed by atoms with E-state index in [0.717, 1.165) is 25.5 Å². The molecule has 2 nitrogen and oxygen atoms in total. The van der Waals surface area contributed by atoms with Crippen molar-refractivity contribution in [1.82, 2.24) is 0 Å². The standard InChI is InChI=1S/C13H20O2/c1-10-6-4-5-7-12(11(2)9-14)13(8-10)15-3/h8-9,12-13H,2,4-7H2,1,3H3/b10-8+. The third-order valence-corrected chi connectivity index (χ3v) is 3.08. The van der Waals surface area contributed by atoms with E-state index in [-0.39, 0.29) is 12.0 Å². The summed E-state index contributed by atoms with van der Waals surface area (Å²) in [6, 6.07) is 0. The maximum Gasteiger partial charge on any atom is 0.145 e. The Morgan fingerprint density at radius 1 is 1.60 bits per heavy atom. The molecule has 0 aliphatic heterocycles. The van der Waals surface area contributed by atoms with Crippen molar-refractivity contribution < 1.29 is 9.53 Å². The van der Waals surface area contributed by atoms with E-state index in [0.29, 0.717) is 5.57 Å². The van der Waals surface area contributed by atoms with Gasteiger partial charge >= 0.3 is 0 Å². The Morgan fingerprint density at radius 3 is 2.93 bits per heavy atom. The second kappa shape index (κ2) is 5.86. The van der Waals surface area contributed by atoms with Gasteiger partial charge in [0.2, 0.25) is 0 Å². The topological polar surface area (TPSA) is 26.3 Å². The van der Waals surface area contributed by atoms with Gasteiger partial charge in [-0.1, -0.05) is 24.6 Å². The highest BCUT2D eigenvalue weighted by atomic mass is 16.5. The second-order valence-corrected chi connectivity index (χ2v) is 4.26. The smallest absolute Gasteiger partial charge is 0.145 e. The van der Waals surface area contributed by atoms with Crippen LogP contribution in [-0.4, -0.2) is 19.5 Å². The van der Waals surface area contributed by atoms with E-state index in [1.807, 2.05) is 0 Å². The molecule has 0 radical (unpaired) electrons. The van der Waals surface area contributed by atoms with Crippen molar-refractivity contribution in [2.24, 2.45) is 5.92 Å². The zero-order valence-corrected chi connectivity index (χ0v) is 9.66. The molecule has 0 heterocycles. The normalized spacial score (nSPS) is 30.9. The Bertz CT molecular complexity index is 266. The molecular weight excluding hydrogens is 188 g/mol. The molecule has 1 aliphatic carbocycles. The van der Waals surface area contributed by atoms with Gasteiger partial charge in [-0.2, -0.15) is 0 Å². The van der Waals surface area contributed by atoms with E-state index in [4.69, 9.17) is 4.74 Å². The van der Waals surface area contributed by atoms with Gasteiger partial charge in [-0.25, -0.2) is 0 Å². The molecule has 0 amide bonds. The lowest BCUT2D eigenvalue weighted by Gasteiger charge is -2.26. The summed E-state index contributed by atoms with van der Waals surface area (Å²) in [4.78, 5) is 10.8. The predicted molar refractivity (Wildman–Crippen MR) is 61.7 cm³/mol. The highest BCUT2D eigenvalue weighted by Gasteiger charge is 2.23. The van der Waals surface area contributed by atoms with E-state index in [2.05, 4.69) is 19.6 Å². The van der Waals surface area contributed by atoms with Crippen LogP contribution in [0.2, 0.25) is 0 Å². The summed E-state index contributed by atoms with van der Waals surface area (Å²) in [6.45, 7) is 5.94. The number of ether oxygens (including phenoxy) is 1. The van der Waals surface area contributed by atoms with Crippen molar-refractivity contribution in [2.45, 2.75) is 38.7 Å². The van der Waals surface area contributed by atoms with E-state index < -0.39 is 0 Å². The van der Waals surface area contributed by atoms with Gasteiger partial charge in [0.1, 0.15) is 6.29 Å². The van der Waals surface area contributed by atoms with Crippen LogP contribution >= 0.6 is 0 Å². The lowest BCUT2D eigenvalue weighted by molar-refractivity contribution is -0.105. The molecule has 0 bridgehead atoms. The Morgan fingerprint density at radius 2 is 2.33 bits per heavy atom. The molecule has 2 atom stereocenters. The largest absolute Gasteiger partial charge is 0.377 e. The first-order chi connectivity index (χ1) is 7.19. The van der Waals surface area contributed by atoms with Gasteiger partial charge in [0.15, 0.2) is 0 Å². The average molecular weight is 208 g/mol. The number of carbonyl (C=O) groups excluding carboxylic acids is 1. The minimum absolute atomic E-state index is 0.0167. The molecule has 84 valence electrons. The van der Waals surface area contributed by atoms with Crippen molar-refractivity contribution in [1.29, 1.82) is 0 Å². The predicted octanol–water partition coefficient (Wildman–Crippen LogP) is 2.89. The average Bonchev–Trinajstić information content (AvgIpc) is 2.22. The summed E-state index contributed by atoms with van der Waals surface area (Å²) in [5.74, 6) is 0.155. The third kappa shape index (κ3) is 3.31. The summed E-state index contributed by atoms with van der Waals surface area (Å²) >= 11 is 0. The van der Waals surface area contributed by atoms with E-state index in [1.54, 1.807) is 7.11 Å². The van der Waals surface area contributed by atoms with E-state index in [9.17, 15) is 4.79 Å². The second-order valence-electron chi connectivity index (χ2n) is 4.26. The van der Waals surface area contributed by atoms with Crippen LogP contribution in [0.3, 0.4) is 0 Å². The molecule has 0 aromatic heterocycles. The van der Waals surface area contributed by atoms with Crippen LogP contribution in [0.1, 0.15) is 32.6 Å². The van der Waals surface area contributed by atoms with Crippen LogP contribution in [0.15, 0.2) is 23.8 Å². The van der Waals surface area contributed by atoms with E-state index in [1.165, 1.54) is 12.0 Å². The summed E-state index contributed by atoms with van der Waals surface area (Å²) in [7, 11) is 1.70. The summed E-state index contributed by atoms with van der Waals surface area (Å²) in [6.07, 6.45) is 7.49. The molecule has 1 rings (SSSR count). The van der Waals surface area contributed by atoms with Gasteiger partial charge in [-0.15, -0.1) is 0 Å². The van der Waals surface area contributed by atoms with Crippen LogP contribution < -0.4 is 0 Å². The number of allylic oxidation sites excluding steroid dienone is 1. The number of methoxy groups -OCH3 is 1. The molecule has 0 saturated heterocycles. The molecule has 15 heavy (non-hydrogen) atoms. The zero-order chi connectivity index (χ0) is 11.3. The highest BCUT2D eigenvalue weighted by Crippen LogP contribution is 2.27. The minimum Gasteiger partial charge on any atom is -0.377 e. The Hall–Kier alpha value is -0.890. The van der Waals surface area contributed by atoms with Gasteiger partial charge in [0.25, 0.3) is 0 Å². The molecule has 2 unspecified atom stereocenters. The number of hydrogen-bond acceptors (Lipinski definition) is 2. The summed E-state index contributed by atoms with van der Waals surface area (Å²) in [5, 5.41) is 0. The monoisotopic (exact) mass is 208 g/mol. The Labute approximate surface area is 92.0 Å². The van der Waals surface area contributed by atoms with Crippen molar-refractivity contribution in [3.63, 3.8) is 0 Å². The van der Waals surface area contributed by atoms with Crippen molar-refractivity contribution in [3.05, 3.63) is 23.8 Å². The maximum absolute atomic E-state index is 10.8. The number of aldehydes is 1. The molecule has 0 aromatic rings. The maximum atomic E-state index is 10.8. The van der Waals surface area contributed by atoms with Gasteiger partial charge in [0, 0.05) is 13.0 Å². The van der Waals surface area contributed by atoms with Gasteiger partial charge in [-0.3, -0.25) is 4.79 Å². The van der Waals surface area contributed by atoms with Crippen LogP contribution in [0.5, 0.6) is 0 Å². The highest BCUT2D eigenvalue weighted by molar-refractivity contribution is 5.73. The van der Waals surface area contributed by atoms with Gasteiger partial charge in [-0.05, 0) is 31.8 Å². The minimum atomic E-state index is 0.0167. The molecule has 0 saturated carbocycles. The lowest BCUT2D eigenvalue weighted by Crippen LogP contribution is -2.24. The molecule has 0 aromatic carbocycles. The summed E-state index contributed by atoms with van der Waals surface area (Å²) < 4.78 is 5.44. The van der Waals surface area contributed by atoms with E-state index >= 15 is 0 Å². The number of hydrogen-bond donors (Lipinski definition) is 0. The molecule has 1 aliphatic rings. The van der Waals surface area contributed by atoms with Crippen LogP contribution in [0, 0.1) is 5.92 Å². The first kappa shape index (κ1) is 12.2. The fraction of sp³-hybridized carbons (Fsp3) is 0.615. The summed E-state index contributed by atoms with van der Waals surface area (Å²) in [5.41, 5.74) is 2.01. The van der Waals surface area contributed by atoms with Crippen LogP contribution in [-0.2, 0) is 9.53 Å². The SMILES string of the molecule is C=C(C=O)C1CCCC/C(C)=C/C1OC. The van der Waals surface area contributed by atoms with Crippen molar-refractivity contribution >= 4 is 6.29 Å². The number of carbonyl (C=O) groups is 1. The lowest BCUT2D eigenvalue weighted by atomic mass is 9.85. The molecule has 0 fully saturated rings. The zero-order valence-electron chi connectivity index (χ0n) is 9.66. The molecular formula is C13H20O2. The Balaban J connectivity index is 2.85. The fourth-order valence-electron chi connectivity index (χ4n) is 2.13. The number of rotatable bonds is 3. The van der Waals surface area contributed by atoms with Crippen molar-refractivity contribution in [2.75, 3.05) is 7.11 Å². The van der Waals surface area contributed by atoms with Gasteiger partial charge in [0.05, 0.1) is 6.10 Å². The first-order valence-electron chi connectivity index (χ1n) is 5.53. The molecule has 0 N–H and O–H groups in total.